The fraction of sp³-hybridized carbons (Fsp3) is 0.154. The van der Waals surface area contributed by atoms with Gasteiger partial charge in [-0.15, -0.1) is 12.6 Å². The van der Waals surface area contributed by atoms with Gasteiger partial charge in [-0.25, -0.2) is 9.59 Å². The number of halogens is 3. The van der Waals surface area contributed by atoms with Crippen molar-refractivity contribution in [1.82, 2.24) is 0 Å². The van der Waals surface area contributed by atoms with E-state index in [0.29, 0.717) is 37.7 Å². The molecule has 2 unspecified atom stereocenters. The van der Waals surface area contributed by atoms with E-state index in [1.807, 2.05) is 12.2 Å². The second-order valence-electron chi connectivity index (χ2n) is 8.25. The van der Waals surface area contributed by atoms with E-state index in [2.05, 4.69) is 28.6 Å². The van der Waals surface area contributed by atoms with Crippen molar-refractivity contribution in [2.45, 2.75) is 17.2 Å². The number of hydrogen-bond acceptors (Lipinski definition) is 7. The third-order valence-corrected chi connectivity index (χ3v) is 7.80. The first-order valence-corrected chi connectivity index (χ1v) is 12.7. The molecule has 0 saturated heterocycles. The molecule has 1 N–H and O–H groups in total. The molecule has 0 radical (unpaired) electrons. The van der Waals surface area contributed by atoms with E-state index in [1.54, 1.807) is 31.4 Å². The van der Waals surface area contributed by atoms with Gasteiger partial charge >= 0.3 is 11.3 Å². The molecule has 5 rings (SSSR count). The molecule has 1 aliphatic carbocycles. The Labute approximate surface area is 228 Å². The smallest absolute Gasteiger partial charge is 0.343 e. The zero-order valence-electron chi connectivity index (χ0n) is 18.6. The van der Waals surface area contributed by atoms with E-state index in [9.17, 15) is 14.7 Å². The van der Waals surface area contributed by atoms with Crippen LogP contribution >= 0.6 is 51.8 Å². The molecule has 2 atom stereocenters. The van der Waals surface area contributed by atoms with Crippen LogP contribution in [0.1, 0.15) is 23.5 Å². The highest BCUT2D eigenvalue weighted by Crippen LogP contribution is 2.45. The van der Waals surface area contributed by atoms with Gasteiger partial charge in [0, 0.05) is 26.2 Å². The van der Waals surface area contributed by atoms with Gasteiger partial charge in [0.15, 0.2) is 0 Å². The molecule has 0 bridgehead atoms. The summed E-state index contributed by atoms with van der Waals surface area (Å²) >= 11 is 20.5. The third-order valence-electron chi connectivity index (χ3n) is 6.19. The number of thiol groups is 1. The molecular formula is C26H17BrCl2O6S. The summed E-state index contributed by atoms with van der Waals surface area (Å²) in [5.41, 5.74) is -1.06. The third kappa shape index (κ3) is 4.26. The highest BCUT2D eigenvalue weighted by Gasteiger charge is 2.36. The van der Waals surface area contributed by atoms with Crippen molar-refractivity contribution >= 4 is 73.7 Å². The fourth-order valence-electron chi connectivity index (χ4n) is 4.56. The van der Waals surface area contributed by atoms with Gasteiger partial charge in [0.25, 0.3) is 0 Å². The van der Waals surface area contributed by atoms with E-state index in [4.69, 9.17) is 36.8 Å². The minimum atomic E-state index is -0.987. The van der Waals surface area contributed by atoms with Gasteiger partial charge in [-0.1, -0.05) is 29.3 Å². The Morgan fingerprint density at radius 3 is 2.22 bits per heavy atom. The van der Waals surface area contributed by atoms with Crippen molar-refractivity contribution in [2.24, 2.45) is 5.92 Å². The molecule has 4 aromatic rings. The second kappa shape index (κ2) is 9.67. The lowest BCUT2D eigenvalue weighted by Crippen LogP contribution is -2.26. The van der Waals surface area contributed by atoms with Crippen LogP contribution in [-0.2, 0) is 4.74 Å². The van der Waals surface area contributed by atoms with Gasteiger partial charge in [-0.2, -0.15) is 0 Å². The van der Waals surface area contributed by atoms with Crippen LogP contribution in [0.3, 0.4) is 0 Å². The Kier molecular flexibility index (Phi) is 6.72. The zero-order chi connectivity index (χ0) is 25.7. The molecule has 0 spiro atoms. The standard InChI is InChI=1S/C26H17BrCl2O6S/c1-33-19-5-2-11(8-16(19)27)20(21-23(30)14-9-12(28)3-6-17(14)34-25(21)31)22-24(36)15-10-13(29)4-7-18(15)35-26(22)32/h3-11,20,30,36H,2H2,1H3. The van der Waals surface area contributed by atoms with Gasteiger partial charge in [0.05, 0.1) is 28.1 Å². The van der Waals surface area contributed by atoms with Gasteiger partial charge in [-0.05, 0) is 70.7 Å². The van der Waals surface area contributed by atoms with Crippen molar-refractivity contribution in [3.8, 4) is 5.75 Å². The van der Waals surface area contributed by atoms with E-state index in [-0.39, 0.29) is 32.7 Å². The molecule has 0 saturated carbocycles. The van der Waals surface area contributed by atoms with Crippen LogP contribution in [0.4, 0.5) is 0 Å². The molecular weight excluding hydrogens is 591 g/mol. The second-order valence-corrected chi connectivity index (χ2v) is 10.4. The zero-order valence-corrected chi connectivity index (χ0v) is 22.5. The monoisotopic (exact) mass is 606 g/mol. The molecule has 36 heavy (non-hydrogen) atoms. The van der Waals surface area contributed by atoms with E-state index in [1.165, 1.54) is 12.1 Å². The predicted octanol–water partition coefficient (Wildman–Crippen LogP) is 7.16. The summed E-state index contributed by atoms with van der Waals surface area (Å²) < 4.78 is 17.2. The summed E-state index contributed by atoms with van der Waals surface area (Å²) in [6, 6.07) is 9.35. The number of ether oxygens (including phenoxy) is 1. The van der Waals surface area contributed by atoms with Crippen LogP contribution in [0, 0.1) is 5.92 Å². The maximum absolute atomic E-state index is 13.4. The normalized spacial score (nSPS) is 16.6. The van der Waals surface area contributed by atoms with Crippen LogP contribution in [0.25, 0.3) is 21.9 Å². The van der Waals surface area contributed by atoms with Crippen molar-refractivity contribution in [3.63, 3.8) is 0 Å². The van der Waals surface area contributed by atoms with Crippen molar-refractivity contribution in [2.75, 3.05) is 7.11 Å². The highest BCUT2D eigenvalue weighted by atomic mass is 79.9. The number of methoxy groups -OCH3 is 1. The Bertz CT molecular complexity index is 1620. The molecule has 1 aliphatic rings. The van der Waals surface area contributed by atoms with Gasteiger partial charge in [0.1, 0.15) is 22.7 Å². The lowest BCUT2D eigenvalue weighted by molar-refractivity contribution is 0.298. The van der Waals surface area contributed by atoms with Crippen LogP contribution in [0.5, 0.6) is 5.75 Å². The Morgan fingerprint density at radius 1 is 1.03 bits per heavy atom. The minimum absolute atomic E-state index is 0.0906. The topological polar surface area (TPSA) is 89.9 Å². The molecule has 10 heteroatoms. The summed E-state index contributed by atoms with van der Waals surface area (Å²) in [4.78, 5) is 27.0. The van der Waals surface area contributed by atoms with Gasteiger partial charge in [-0.3, -0.25) is 0 Å². The first-order chi connectivity index (χ1) is 17.2. The van der Waals surface area contributed by atoms with Crippen LogP contribution in [0.2, 0.25) is 10.0 Å². The molecule has 2 aromatic heterocycles. The maximum atomic E-state index is 13.4. The van der Waals surface area contributed by atoms with Crippen molar-refractivity contribution in [3.05, 3.63) is 101 Å². The number of fused-ring (bicyclic) bond motifs is 2. The summed E-state index contributed by atoms with van der Waals surface area (Å²) in [6.45, 7) is 0. The number of hydrogen-bond donors (Lipinski definition) is 2. The lowest BCUT2D eigenvalue weighted by atomic mass is 9.77. The number of rotatable bonds is 4. The van der Waals surface area contributed by atoms with Crippen LogP contribution < -0.4 is 11.3 Å². The quantitative estimate of drug-likeness (QED) is 0.189. The number of aromatic hydroxyl groups is 1. The Hall–Kier alpha value is -2.65. The lowest BCUT2D eigenvalue weighted by Gasteiger charge is -2.28. The Morgan fingerprint density at radius 2 is 1.61 bits per heavy atom. The molecule has 6 nitrogen and oxygen atoms in total. The first-order valence-electron chi connectivity index (χ1n) is 10.7. The Balaban J connectivity index is 1.85. The molecule has 0 amide bonds. The maximum Gasteiger partial charge on any atom is 0.343 e. The van der Waals surface area contributed by atoms with Crippen molar-refractivity contribution in [1.29, 1.82) is 0 Å². The molecule has 2 aromatic carbocycles. The fourth-order valence-corrected chi connectivity index (χ4v) is 5.97. The van der Waals surface area contributed by atoms with Crippen LogP contribution in [-0.4, -0.2) is 12.2 Å². The van der Waals surface area contributed by atoms with Gasteiger partial charge in [0.2, 0.25) is 0 Å². The van der Waals surface area contributed by atoms with E-state index < -0.39 is 23.1 Å². The molecule has 2 heterocycles. The minimum Gasteiger partial charge on any atom is -0.507 e. The summed E-state index contributed by atoms with van der Waals surface area (Å²) in [5.74, 6) is -1.19. The summed E-state index contributed by atoms with van der Waals surface area (Å²) in [6.07, 6.45) is 4.03. The average Bonchev–Trinajstić information content (AvgIpc) is 2.84. The molecule has 0 fully saturated rings. The molecule has 0 aliphatic heterocycles. The average molecular weight is 608 g/mol. The van der Waals surface area contributed by atoms with E-state index in [0.717, 1.165) is 0 Å². The predicted molar refractivity (Wildman–Crippen MR) is 146 cm³/mol. The van der Waals surface area contributed by atoms with Crippen molar-refractivity contribution < 1.29 is 18.7 Å². The van der Waals surface area contributed by atoms with E-state index >= 15 is 0 Å². The summed E-state index contributed by atoms with van der Waals surface area (Å²) in [7, 11) is 1.54. The number of allylic oxidation sites excluding steroid dienone is 3. The number of benzene rings is 2. The largest absolute Gasteiger partial charge is 0.507 e. The van der Waals surface area contributed by atoms with Gasteiger partial charge < -0.3 is 18.7 Å². The van der Waals surface area contributed by atoms with Crippen LogP contribution in [0.15, 0.2) is 82.1 Å². The summed E-state index contributed by atoms with van der Waals surface area (Å²) in [5, 5.41) is 12.8. The SMILES string of the molecule is COC1=CCC(C(c2c(O)c3cc(Cl)ccc3oc2=O)c2c(S)c3cc(Cl)ccc3oc2=O)C=C1Br. The highest BCUT2D eigenvalue weighted by molar-refractivity contribution is 9.11. The first kappa shape index (κ1) is 25.0. The molecule has 184 valence electrons.